The number of aryl methyl sites for hydroxylation is 1. The number of ether oxygens (including phenoxy) is 1. The molecular weight excluding hydrogens is 388 g/mol. The Morgan fingerprint density at radius 1 is 0.806 bits per heavy atom. The fourth-order valence-electron chi connectivity index (χ4n) is 3.78. The van der Waals surface area contributed by atoms with Gasteiger partial charge >= 0.3 is 5.69 Å². The summed E-state index contributed by atoms with van der Waals surface area (Å²) >= 11 is 0. The maximum Gasteiger partial charge on any atom is 0.356 e. The van der Waals surface area contributed by atoms with Crippen molar-refractivity contribution in [1.82, 2.24) is 19.2 Å². The molecule has 0 N–H and O–H groups in total. The van der Waals surface area contributed by atoms with Crippen molar-refractivity contribution in [3.05, 3.63) is 101 Å². The minimum Gasteiger partial charge on any atom is -0.497 e. The zero-order chi connectivity index (χ0) is 21.4. The fourth-order valence-corrected chi connectivity index (χ4v) is 3.78. The van der Waals surface area contributed by atoms with Crippen LogP contribution in [0.4, 0.5) is 0 Å². The van der Waals surface area contributed by atoms with Gasteiger partial charge in [-0.1, -0.05) is 60.7 Å². The van der Waals surface area contributed by atoms with Crippen LogP contribution in [0.1, 0.15) is 5.82 Å². The van der Waals surface area contributed by atoms with Crippen LogP contribution in [0.5, 0.6) is 5.75 Å². The van der Waals surface area contributed by atoms with Crippen LogP contribution >= 0.6 is 0 Å². The summed E-state index contributed by atoms with van der Waals surface area (Å²) in [6.07, 6.45) is 0. The molecule has 0 fully saturated rings. The Labute approximate surface area is 179 Å². The molecule has 0 spiro atoms. The molecule has 0 radical (unpaired) electrons. The van der Waals surface area contributed by atoms with Crippen LogP contribution in [-0.4, -0.2) is 26.3 Å². The largest absolute Gasteiger partial charge is 0.497 e. The van der Waals surface area contributed by atoms with Gasteiger partial charge in [0.15, 0.2) is 5.65 Å². The van der Waals surface area contributed by atoms with Crippen molar-refractivity contribution >= 4 is 5.65 Å². The molecule has 31 heavy (non-hydrogen) atoms. The van der Waals surface area contributed by atoms with E-state index in [0.29, 0.717) is 17.2 Å². The third-order valence-corrected chi connectivity index (χ3v) is 5.27. The van der Waals surface area contributed by atoms with Crippen molar-refractivity contribution in [1.29, 1.82) is 0 Å². The lowest BCUT2D eigenvalue weighted by Gasteiger charge is -2.10. The summed E-state index contributed by atoms with van der Waals surface area (Å²) in [5, 5.41) is 4.72. The van der Waals surface area contributed by atoms with Gasteiger partial charge in [0.2, 0.25) is 0 Å². The van der Waals surface area contributed by atoms with Crippen molar-refractivity contribution in [3.8, 4) is 33.8 Å². The van der Waals surface area contributed by atoms with E-state index < -0.39 is 0 Å². The number of hydrogen-bond acceptors (Lipinski definition) is 4. The number of nitrogens with zero attached hydrogens (tertiary/aromatic N) is 4. The van der Waals surface area contributed by atoms with E-state index in [2.05, 4.69) is 0 Å². The highest BCUT2D eigenvalue weighted by molar-refractivity contribution is 5.90. The molecule has 0 amide bonds. The Balaban J connectivity index is 1.82. The minimum absolute atomic E-state index is 0.271. The van der Waals surface area contributed by atoms with Crippen LogP contribution in [0.3, 0.4) is 0 Å². The van der Waals surface area contributed by atoms with E-state index in [4.69, 9.17) is 14.8 Å². The fraction of sp³-hybridized carbons (Fsp3) is 0.0800. The highest BCUT2D eigenvalue weighted by Gasteiger charge is 2.21. The van der Waals surface area contributed by atoms with E-state index in [0.717, 1.165) is 28.1 Å². The minimum atomic E-state index is -0.271. The number of methoxy groups -OCH3 is 1. The van der Waals surface area contributed by atoms with Gasteiger partial charge in [-0.15, -0.1) is 0 Å². The first-order chi connectivity index (χ1) is 15.2. The van der Waals surface area contributed by atoms with Crippen LogP contribution in [0.15, 0.2) is 89.7 Å². The molecule has 5 rings (SSSR count). The van der Waals surface area contributed by atoms with E-state index in [1.54, 1.807) is 11.7 Å². The standard InChI is InChI=1S/C25H20N4O2/c1-17-26-24-22(18-9-5-3-6-10-18)23(19-11-7-4-8-12-19)27-29(24)25(30)28(17)20-13-15-21(31-2)16-14-20/h3-16H,1-2H3. The first-order valence-electron chi connectivity index (χ1n) is 9.95. The number of benzene rings is 3. The smallest absolute Gasteiger partial charge is 0.356 e. The number of hydrogen-bond donors (Lipinski definition) is 0. The highest BCUT2D eigenvalue weighted by atomic mass is 16.5. The molecular formula is C25H20N4O2. The summed E-state index contributed by atoms with van der Waals surface area (Å²) in [6, 6.07) is 27.1. The van der Waals surface area contributed by atoms with Crippen LogP contribution in [0.2, 0.25) is 0 Å². The molecule has 0 aliphatic heterocycles. The van der Waals surface area contributed by atoms with Crippen LogP contribution in [0, 0.1) is 6.92 Å². The van der Waals surface area contributed by atoms with E-state index in [-0.39, 0.29) is 5.69 Å². The zero-order valence-corrected chi connectivity index (χ0v) is 17.2. The lowest BCUT2D eigenvalue weighted by atomic mass is 10.0. The van der Waals surface area contributed by atoms with Gasteiger partial charge in [-0.05, 0) is 36.8 Å². The van der Waals surface area contributed by atoms with Gasteiger partial charge in [-0.25, -0.2) is 14.3 Å². The normalized spacial score (nSPS) is 11.0. The summed E-state index contributed by atoms with van der Waals surface area (Å²) < 4.78 is 8.18. The number of fused-ring (bicyclic) bond motifs is 1. The first-order valence-corrected chi connectivity index (χ1v) is 9.95. The maximum absolute atomic E-state index is 13.5. The van der Waals surface area contributed by atoms with Crippen LogP contribution < -0.4 is 10.4 Å². The summed E-state index contributed by atoms with van der Waals surface area (Å²) in [4.78, 5) is 18.3. The molecule has 0 aliphatic carbocycles. The quantitative estimate of drug-likeness (QED) is 0.438. The van der Waals surface area contributed by atoms with E-state index >= 15 is 0 Å². The molecule has 6 heteroatoms. The Hall–Kier alpha value is -4.19. The number of rotatable bonds is 4. The summed E-state index contributed by atoms with van der Waals surface area (Å²) in [7, 11) is 1.61. The average molecular weight is 408 g/mol. The van der Waals surface area contributed by atoms with E-state index in [9.17, 15) is 4.79 Å². The molecule has 2 heterocycles. The summed E-state index contributed by atoms with van der Waals surface area (Å²) in [5.41, 5.74) is 4.43. The molecule has 0 saturated heterocycles. The van der Waals surface area contributed by atoms with Crippen LogP contribution in [0.25, 0.3) is 33.7 Å². The molecule has 3 aromatic carbocycles. The van der Waals surface area contributed by atoms with Gasteiger partial charge in [0, 0.05) is 5.56 Å². The Morgan fingerprint density at radius 3 is 2.03 bits per heavy atom. The molecule has 0 unspecified atom stereocenters. The molecule has 152 valence electrons. The molecule has 0 bridgehead atoms. The monoisotopic (exact) mass is 408 g/mol. The number of aromatic nitrogens is 4. The molecule has 0 atom stereocenters. The predicted molar refractivity (Wildman–Crippen MR) is 121 cm³/mol. The average Bonchev–Trinajstić information content (AvgIpc) is 3.20. The highest BCUT2D eigenvalue weighted by Crippen LogP contribution is 2.33. The lowest BCUT2D eigenvalue weighted by Crippen LogP contribution is -2.29. The molecule has 2 aromatic heterocycles. The molecule has 0 saturated carbocycles. The van der Waals surface area contributed by atoms with Crippen molar-refractivity contribution in [2.75, 3.05) is 7.11 Å². The van der Waals surface area contributed by atoms with Gasteiger partial charge in [0.05, 0.1) is 18.4 Å². The molecule has 0 aliphatic rings. The third-order valence-electron chi connectivity index (χ3n) is 5.27. The van der Waals surface area contributed by atoms with Gasteiger partial charge < -0.3 is 4.74 Å². The van der Waals surface area contributed by atoms with Crippen molar-refractivity contribution in [2.24, 2.45) is 0 Å². The van der Waals surface area contributed by atoms with Crippen LogP contribution in [-0.2, 0) is 0 Å². The second-order valence-corrected chi connectivity index (χ2v) is 7.17. The van der Waals surface area contributed by atoms with Gasteiger partial charge in [0.25, 0.3) is 0 Å². The Morgan fingerprint density at radius 2 is 1.42 bits per heavy atom. The molecule has 6 nitrogen and oxygen atoms in total. The zero-order valence-electron chi connectivity index (χ0n) is 17.2. The summed E-state index contributed by atoms with van der Waals surface area (Å²) in [5.74, 6) is 1.31. The second kappa shape index (κ2) is 7.57. The lowest BCUT2D eigenvalue weighted by molar-refractivity contribution is 0.414. The SMILES string of the molecule is COc1ccc(-n2c(C)nc3c(-c4ccccc4)c(-c4ccccc4)nn3c2=O)cc1. The first kappa shape index (κ1) is 18.8. The second-order valence-electron chi connectivity index (χ2n) is 7.17. The topological polar surface area (TPSA) is 61.4 Å². The van der Waals surface area contributed by atoms with Crippen molar-refractivity contribution < 1.29 is 4.74 Å². The molecule has 5 aromatic rings. The van der Waals surface area contributed by atoms with Gasteiger partial charge in [0.1, 0.15) is 17.3 Å². The third kappa shape index (κ3) is 3.18. The van der Waals surface area contributed by atoms with Crippen molar-refractivity contribution in [3.63, 3.8) is 0 Å². The Kier molecular flexibility index (Phi) is 4.59. The maximum atomic E-state index is 13.5. The van der Waals surface area contributed by atoms with E-state index in [1.165, 1.54) is 4.52 Å². The van der Waals surface area contributed by atoms with Gasteiger partial charge in [-0.2, -0.15) is 9.61 Å². The Bertz CT molecular complexity index is 1420. The predicted octanol–water partition coefficient (Wildman–Crippen LogP) is 4.53. The van der Waals surface area contributed by atoms with Gasteiger partial charge in [-0.3, -0.25) is 0 Å². The summed E-state index contributed by atoms with van der Waals surface area (Å²) in [6.45, 7) is 1.83. The van der Waals surface area contributed by atoms with E-state index in [1.807, 2.05) is 91.9 Å². The van der Waals surface area contributed by atoms with Crippen molar-refractivity contribution in [2.45, 2.75) is 6.92 Å².